The van der Waals surface area contributed by atoms with Gasteiger partial charge in [0.2, 0.25) is 0 Å². The summed E-state index contributed by atoms with van der Waals surface area (Å²) in [6.07, 6.45) is 0. The van der Waals surface area contributed by atoms with Gasteiger partial charge in [-0.1, -0.05) is 17.7 Å². The number of aryl methyl sites for hydroxylation is 1. The van der Waals surface area contributed by atoms with Gasteiger partial charge in [-0.05, 0) is 46.6 Å². The van der Waals surface area contributed by atoms with Gasteiger partial charge in [-0.2, -0.15) is 0 Å². The lowest BCUT2D eigenvalue weighted by molar-refractivity contribution is 0.307. The van der Waals surface area contributed by atoms with E-state index >= 15 is 0 Å². The Bertz CT molecular complexity index is 496. The molecule has 0 amide bonds. The van der Waals surface area contributed by atoms with Crippen LogP contribution in [0.2, 0.25) is 5.02 Å². The summed E-state index contributed by atoms with van der Waals surface area (Å²) in [5, 5.41) is 2.75. The number of benzene rings is 1. The Hall–Kier alpha value is -0.510. The van der Waals surface area contributed by atoms with Crippen LogP contribution in [0.4, 0.5) is 0 Å². The molecule has 0 aliphatic carbocycles. The molecule has 2 aromatic rings. The molecular weight excluding hydrogens is 308 g/mol. The molecule has 0 unspecified atom stereocenters. The summed E-state index contributed by atoms with van der Waals surface area (Å²) in [5.41, 5.74) is 1.10. The van der Waals surface area contributed by atoms with Gasteiger partial charge in [0.05, 0.1) is 0 Å². The number of halogens is 2. The molecule has 0 saturated carbocycles. The van der Waals surface area contributed by atoms with Crippen LogP contribution < -0.4 is 4.74 Å². The maximum absolute atomic E-state index is 5.92. The third kappa shape index (κ3) is 3.00. The molecule has 1 heterocycles. The van der Waals surface area contributed by atoms with E-state index in [2.05, 4.69) is 22.0 Å². The summed E-state index contributed by atoms with van der Waals surface area (Å²) in [5.74, 6) is 0.844. The summed E-state index contributed by atoms with van der Waals surface area (Å²) >= 11 is 11.0. The Morgan fingerprint density at radius 1 is 1.38 bits per heavy atom. The first-order valence-electron chi connectivity index (χ1n) is 4.77. The zero-order chi connectivity index (χ0) is 11.5. The molecule has 0 fully saturated rings. The van der Waals surface area contributed by atoms with E-state index < -0.39 is 0 Å². The van der Waals surface area contributed by atoms with Gasteiger partial charge in [0, 0.05) is 19.8 Å². The van der Waals surface area contributed by atoms with Crippen LogP contribution in [0, 0.1) is 6.92 Å². The quantitative estimate of drug-likeness (QED) is 0.769. The Morgan fingerprint density at radius 2 is 2.19 bits per heavy atom. The van der Waals surface area contributed by atoms with E-state index in [1.165, 1.54) is 4.88 Å². The fraction of sp³-hybridized carbons (Fsp3) is 0.167. The highest BCUT2D eigenvalue weighted by Crippen LogP contribution is 2.25. The van der Waals surface area contributed by atoms with Crippen LogP contribution in [0.3, 0.4) is 0 Å². The summed E-state index contributed by atoms with van der Waals surface area (Å²) in [6.45, 7) is 2.59. The average molecular weight is 318 g/mol. The average Bonchev–Trinajstić information content (AvgIpc) is 2.66. The summed E-state index contributed by atoms with van der Waals surface area (Å²) in [6, 6.07) is 7.73. The Labute approximate surface area is 112 Å². The van der Waals surface area contributed by atoms with Crippen molar-refractivity contribution in [1.29, 1.82) is 0 Å². The normalized spacial score (nSPS) is 10.4. The molecular formula is C12H10BrClOS. The van der Waals surface area contributed by atoms with Gasteiger partial charge < -0.3 is 4.74 Å². The number of hydrogen-bond acceptors (Lipinski definition) is 2. The van der Waals surface area contributed by atoms with Crippen molar-refractivity contribution in [3.8, 4) is 5.75 Å². The number of rotatable bonds is 3. The monoisotopic (exact) mass is 316 g/mol. The number of ether oxygens (including phenoxy) is 1. The van der Waals surface area contributed by atoms with Crippen molar-refractivity contribution in [3.63, 3.8) is 0 Å². The summed E-state index contributed by atoms with van der Waals surface area (Å²) in [4.78, 5) is 1.19. The minimum Gasteiger partial charge on any atom is -0.488 e. The van der Waals surface area contributed by atoms with Crippen LogP contribution in [0.1, 0.15) is 10.4 Å². The Kier molecular flexibility index (Phi) is 3.90. The van der Waals surface area contributed by atoms with Gasteiger partial charge in [0.15, 0.2) is 0 Å². The van der Waals surface area contributed by atoms with E-state index in [1.54, 1.807) is 11.3 Å². The molecule has 1 aromatic heterocycles. The fourth-order valence-electron chi connectivity index (χ4n) is 1.31. The second kappa shape index (κ2) is 5.21. The fourth-order valence-corrected chi connectivity index (χ4v) is 2.83. The van der Waals surface area contributed by atoms with E-state index in [0.29, 0.717) is 11.6 Å². The number of thiophene rings is 1. The van der Waals surface area contributed by atoms with E-state index in [9.17, 15) is 0 Å². The predicted molar refractivity (Wildman–Crippen MR) is 72.5 cm³/mol. The molecule has 0 spiro atoms. The van der Waals surface area contributed by atoms with Crippen LogP contribution >= 0.6 is 38.9 Å². The topological polar surface area (TPSA) is 9.23 Å². The molecule has 84 valence electrons. The zero-order valence-electron chi connectivity index (χ0n) is 8.67. The third-order valence-electron chi connectivity index (χ3n) is 2.14. The van der Waals surface area contributed by atoms with Crippen molar-refractivity contribution >= 4 is 38.9 Å². The molecule has 1 nitrogen and oxygen atoms in total. The first kappa shape index (κ1) is 12.0. The van der Waals surface area contributed by atoms with Gasteiger partial charge in [-0.3, -0.25) is 0 Å². The number of hydrogen-bond donors (Lipinski definition) is 0. The molecule has 4 heteroatoms. The molecule has 1 aromatic carbocycles. The first-order valence-corrected chi connectivity index (χ1v) is 6.82. The minimum atomic E-state index is 0.581. The maximum atomic E-state index is 5.92. The van der Waals surface area contributed by atoms with Crippen molar-refractivity contribution < 1.29 is 4.74 Å². The summed E-state index contributed by atoms with van der Waals surface area (Å²) in [7, 11) is 0. The predicted octanol–water partition coefficient (Wildman–Crippen LogP) is 5.05. The molecule has 0 aliphatic heterocycles. The van der Waals surface area contributed by atoms with Crippen molar-refractivity contribution in [1.82, 2.24) is 0 Å². The largest absolute Gasteiger partial charge is 0.488 e. The van der Waals surface area contributed by atoms with Gasteiger partial charge in [0.1, 0.15) is 12.4 Å². The highest BCUT2D eigenvalue weighted by atomic mass is 79.9. The Balaban J connectivity index is 2.07. The molecule has 0 aliphatic rings. The lowest BCUT2D eigenvalue weighted by atomic mass is 10.2. The van der Waals surface area contributed by atoms with Gasteiger partial charge in [-0.25, -0.2) is 0 Å². The smallest absolute Gasteiger partial charge is 0.124 e. The van der Waals surface area contributed by atoms with Crippen LogP contribution in [0.25, 0.3) is 0 Å². The van der Waals surface area contributed by atoms with Crippen molar-refractivity contribution in [2.45, 2.75) is 13.5 Å². The Morgan fingerprint density at radius 3 is 2.88 bits per heavy atom. The standard InChI is InChI=1S/C12H10BrClOS/c1-8-2-3-10(14)5-12(8)15-6-11-4-9(13)7-16-11/h2-5,7H,6H2,1H3. The zero-order valence-corrected chi connectivity index (χ0v) is 11.8. The van der Waals surface area contributed by atoms with E-state index in [4.69, 9.17) is 16.3 Å². The molecule has 0 radical (unpaired) electrons. The van der Waals surface area contributed by atoms with Crippen molar-refractivity contribution in [2.75, 3.05) is 0 Å². The van der Waals surface area contributed by atoms with E-state index in [-0.39, 0.29) is 0 Å². The van der Waals surface area contributed by atoms with Crippen LogP contribution in [0.5, 0.6) is 5.75 Å². The van der Waals surface area contributed by atoms with Crippen molar-refractivity contribution in [2.24, 2.45) is 0 Å². The SMILES string of the molecule is Cc1ccc(Cl)cc1OCc1cc(Br)cs1. The van der Waals surface area contributed by atoms with Gasteiger partial charge >= 0.3 is 0 Å². The lowest BCUT2D eigenvalue weighted by Crippen LogP contribution is -1.94. The van der Waals surface area contributed by atoms with E-state index in [1.807, 2.05) is 30.5 Å². The maximum Gasteiger partial charge on any atom is 0.124 e. The van der Waals surface area contributed by atoms with E-state index in [0.717, 1.165) is 15.8 Å². The molecule has 0 bridgehead atoms. The van der Waals surface area contributed by atoms with Crippen molar-refractivity contribution in [3.05, 3.63) is 49.6 Å². The molecule has 0 saturated heterocycles. The first-order chi connectivity index (χ1) is 7.65. The lowest BCUT2D eigenvalue weighted by Gasteiger charge is -2.08. The molecule has 16 heavy (non-hydrogen) atoms. The molecule has 2 rings (SSSR count). The van der Waals surface area contributed by atoms with Gasteiger partial charge in [-0.15, -0.1) is 11.3 Å². The van der Waals surface area contributed by atoms with Crippen LogP contribution in [0.15, 0.2) is 34.1 Å². The van der Waals surface area contributed by atoms with Gasteiger partial charge in [0.25, 0.3) is 0 Å². The molecule has 0 N–H and O–H groups in total. The second-order valence-electron chi connectivity index (χ2n) is 3.43. The highest BCUT2D eigenvalue weighted by molar-refractivity contribution is 9.10. The van der Waals surface area contributed by atoms with Crippen LogP contribution in [-0.2, 0) is 6.61 Å². The van der Waals surface area contributed by atoms with Crippen LogP contribution in [-0.4, -0.2) is 0 Å². The second-order valence-corrected chi connectivity index (χ2v) is 5.78. The molecule has 0 atom stereocenters. The third-order valence-corrected chi connectivity index (χ3v) is 4.05. The highest BCUT2D eigenvalue weighted by Gasteiger charge is 2.03. The summed E-state index contributed by atoms with van der Waals surface area (Å²) < 4.78 is 6.82. The minimum absolute atomic E-state index is 0.581.